The van der Waals surface area contributed by atoms with Crippen molar-refractivity contribution in [2.45, 2.75) is 57.9 Å². The van der Waals surface area contributed by atoms with E-state index in [9.17, 15) is 4.79 Å². The zero-order valence-electron chi connectivity index (χ0n) is 14.0. The number of hydrogen-bond acceptors (Lipinski definition) is 1. The summed E-state index contributed by atoms with van der Waals surface area (Å²) in [7, 11) is 0. The Balaban J connectivity index is 1.58. The molecule has 0 saturated heterocycles. The topological polar surface area (TPSA) is 36.1 Å². The van der Waals surface area contributed by atoms with Gasteiger partial charge in [-0.2, -0.15) is 0 Å². The molecule has 1 atom stereocenters. The van der Waals surface area contributed by atoms with E-state index in [1.807, 2.05) is 6.20 Å². The molecular weight excluding hydrogens is 284 g/mol. The minimum absolute atomic E-state index is 0.384. The van der Waals surface area contributed by atoms with Crippen molar-refractivity contribution in [3.8, 4) is 0 Å². The van der Waals surface area contributed by atoms with Crippen LogP contribution >= 0.6 is 0 Å². The Labute approximate surface area is 138 Å². The number of fused-ring (bicyclic) bond motifs is 3. The van der Waals surface area contributed by atoms with Gasteiger partial charge in [0.25, 0.3) is 0 Å². The molecule has 4 rings (SSSR count). The van der Waals surface area contributed by atoms with Gasteiger partial charge >= 0.3 is 0 Å². The molecule has 3 heteroatoms. The van der Waals surface area contributed by atoms with E-state index in [0.29, 0.717) is 17.9 Å². The van der Waals surface area contributed by atoms with E-state index < -0.39 is 0 Å². The molecule has 2 aliphatic rings. The van der Waals surface area contributed by atoms with Gasteiger partial charge in [0.1, 0.15) is 0 Å². The van der Waals surface area contributed by atoms with E-state index in [1.54, 1.807) is 0 Å². The molecule has 122 valence electrons. The molecule has 1 unspecified atom stereocenters. The number of nitrogens with zero attached hydrogens (tertiary/aromatic N) is 1. The summed E-state index contributed by atoms with van der Waals surface area (Å²) in [6.07, 6.45) is 9.58. The van der Waals surface area contributed by atoms with Crippen molar-refractivity contribution in [1.29, 1.82) is 0 Å². The van der Waals surface area contributed by atoms with Crippen LogP contribution in [-0.4, -0.2) is 28.4 Å². The fourth-order valence-electron chi connectivity index (χ4n) is 4.08. The van der Waals surface area contributed by atoms with Crippen LogP contribution < -0.4 is 0 Å². The predicted octanol–water partition coefficient (Wildman–Crippen LogP) is 4.06. The smallest absolute Gasteiger partial charge is 0.223 e. The van der Waals surface area contributed by atoms with Crippen molar-refractivity contribution in [1.82, 2.24) is 9.88 Å². The third-order valence-corrected chi connectivity index (χ3v) is 5.52. The zero-order chi connectivity index (χ0) is 15.8. The van der Waals surface area contributed by atoms with Crippen molar-refractivity contribution in [2.75, 3.05) is 6.54 Å². The average Bonchev–Trinajstić information content (AvgIpc) is 3.24. The number of benzene rings is 1. The summed E-state index contributed by atoms with van der Waals surface area (Å²) in [5, 5.41) is 1.35. The van der Waals surface area contributed by atoms with Gasteiger partial charge in [0.15, 0.2) is 0 Å². The first-order valence-electron chi connectivity index (χ1n) is 9.13. The van der Waals surface area contributed by atoms with Crippen molar-refractivity contribution in [3.05, 3.63) is 35.5 Å². The van der Waals surface area contributed by atoms with E-state index in [0.717, 1.165) is 38.6 Å². The van der Waals surface area contributed by atoms with Crippen LogP contribution in [0, 0.1) is 5.92 Å². The van der Waals surface area contributed by atoms with E-state index in [-0.39, 0.29) is 0 Å². The summed E-state index contributed by atoms with van der Waals surface area (Å²) in [5.41, 5.74) is 4.15. The lowest BCUT2D eigenvalue weighted by molar-refractivity contribution is -0.134. The standard InChI is InChI=1S/C20H26N2O/c1-2-11-22(20(23)12-14-3-4-14)16-7-5-15-6-8-19-17(9-10-21-19)18(15)13-16/h6,8-10,14,16,21H,2-5,7,11-13H2,1H3. The van der Waals surface area contributed by atoms with E-state index in [1.165, 1.54) is 34.9 Å². The number of carbonyl (C=O) groups excluding carboxylic acids is 1. The highest BCUT2D eigenvalue weighted by atomic mass is 16.2. The van der Waals surface area contributed by atoms with Gasteiger partial charge < -0.3 is 9.88 Å². The zero-order valence-corrected chi connectivity index (χ0v) is 14.0. The van der Waals surface area contributed by atoms with Crippen molar-refractivity contribution in [3.63, 3.8) is 0 Å². The lowest BCUT2D eigenvalue weighted by Crippen LogP contribution is -2.44. The fourth-order valence-corrected chi connectivity index (χ4v) is 4.08. The van der Waals surface area contributed by atoms with Crippen LogP contribution in [0.4, 0.5) is 0 Å². The van der Waals surface area contributed by atoms with Gasteiger partial charge in [0.2, 0.25) is 5.91 Å². The maximum absolute atomic E-state index is 12.7. The van der Waals surface area contributed by atoms with Crippen LogP contribution in [0.1, 0.15) is 50.2 Å². The maximum atomic E-state index is 12.7. The summed E-state index contributed by atoms with van der Waals surface area (Å²) >= 11 is 0. The van der Waals surface area contributed by atoms with Gasteiger partial charge in [0, 0.05) is 36.1 Å². The number of rotatable bonds is 5. The second kappa shape index (κ2) is 6.03. The van der Waals surface area contributed by atoms with Gasteiger partial charge in [-0.15, -0.1) is 0 Å². The number of nitrogens with one attached hydrogen (secondary N) is 1. The largest absolute Gasteiger partial charge is 0.361 e. The maximum Gasteiger partial charge on any atom is 0.223 e. The first kappa shape index (κ1) is 14.8. The molecule has 0 radical (unpaired) electrons. The minimum Gasteiger partial charge on any atom is -0.361 e. The second-order valence-electron chi connectivity index (χ2n) is 7.27. The molecule has 0 bridgehead atoms. The third kappa shape index (κ3) is 2.89. The Kier molecular flexibility index (Phi) is 3.88. The highest BCUT2D eigenvalue weighted by Crippen LogP contribution is 2.35. The Bertz CT molecular complexity index is 714. The van der Waals surface area contributed by atoms with Crippen LogP contribution in [0.2, 0.25) is 0 Å². The molecular formula is C20H26N2O. The second-order valence-corrected chi connectivity index (χ2v) is 7.27. The highest BCUT2D eigenvalue weighted by molar-refractivity contribution is 5.84. The highest BCUT2D eigenvalue weighted by Gasteiger charge is 2.32. The van der Waals surface area contributed by atoms with Gasteiger partial charge in [-0.1, -0.05) is 13.0 Å². The van der Waals surface area contributed by atoms with Gasteiger partial charge in [-0.25, -0.2) is 0 Å². The lowest BCUT2D eigenvalue weighted by atomic mass is 9.85. The van der Waals surface area contributed by atoms with E-state index in [2.05, 4.69) is 35.0 Å². The van der Waals surface area contributed by atoms with Crippen LogP contribution in [0.3, 0.4) is 0 Å². The fraction of sp³-hybridized carbons (Fsp3) is 0.550. The first-order chi connectivity index (χ1) is 11.3. The summed E-state index contributed by atoms with van der Waals surface area (Å²) in [6.45, 7) is 3.09. The summed E-state index contributed by atoms with van der Waals surface area (Å²) < 4.78 is 0. The molecule has 2 aliphatic carbocycles. The molecule has 0 aliphatic heterocycles. The quantitative estimate of drug-likeness (QED) is 0.888. The summed E-state index contributed by atoms with van der Waals surface area (Å²) in [5.74, 6) is 1.07. The van der Waals surface area contributed by atoms with Crippen LogP contribution in [-0.2, 0) is 17.6 Å². The molecule has 1 fully saturated rings. The number of hydrogen-bond donors (Lipinski definition) is 1. The molecule has 1 heterocycles. The molecule has 2 aromatic rings. The van der Waals surface area contributed by atoms with Gasteiger partial charge in [-0.3, -0.25) is 4.79 Å². The van der Waals surface area contributed by atoms with Crippen LogP contribution in [0.15, 0.2) is 24.4 Å². The van der Waals surface area contributed by atoms with Crippen molar-refractivity contribution < 1.29 is 4.79 Å². The Morgan fingerprint density at radius 3 is 2.91 bits per heavy atom. The van der Waals surface area contributed by atoms with Gasteiger partial charge in [-0.05, 0) is 67.7 Å². The molecule has 1 N–H and O–H groups in total. The molecule has 3 nitrogen and oxygen atoms in total. The van der Waals surface area contributed by atoms with Crippen molar-refractivity contribution in [2.24, 2.45) is 5.92 Å². The monoisotopic (exact) mass is 310 g/mol. The summed E-state index contributed by atoms with van der Waals surface area (Å²) in [6, 6.07) is 7.03. The first-order valence-corrected chi connectivity index (χ1v) is 9.13. The third-order valence-electron chi connectivity index (χ3n) is 5.52. The van der Waals surface area contributed by atoms with Gasteiger partial charge in [0.05, 0.1) is 0 Å². The van der Waals surface area contributed by atoms with E-state index in [4.69, 9.17) is 0 Å². The summed E-state index contributed by atoms with van der Waals surface area (Å²) in [4.78, 5) is 18.2. The molecule has 1 aromatic heterocycles. The number of aromatic amines is 1. The lowest BCUT2D eigenvalue weighted by Gasteiger charge is -2.35. The number of aryl methyl sites for hydroxylation is 1. The SMILES string of the molecule is CCCN(C(=O)CC1CC1)C1CCc2ccc3[nH]ccc3c2C1. The van der Waals surface area contributed by atoms with Crippen LogP contribution in [0.25, 0.3) is 10.9 Å². The van der Waals surface area contributed by atoms with Crippen molar-refractivity contribution >= 4 is 16.8 Å². The molecule has 1 saturated carbocycles. The number of H-pyrrole nitrogens is 1. The van der Waals surface area contributed by atoms with E-state index >= 15 is 0 Å². The molecule has 1 amide bonds. The normalized spacial score (nSPS) is 20.5. The molecule has 23 heavy (non-hydrogen) atoms. The number of amides is 1. The average molecular weight is 310 g/mol. The number of carbonyl (C=O) groups is 1. The molecule has 0 spiro atoms. The minimum atomic E-state index is 0.384. The Hall–Kier alpha value is -1.77. The molecule has 1 aromatic carbocycles. The predicted molar refractivity (Wildman–Crippen MR) is 93.5 cm³/mol. The Morgan fingerprint density at radius 1 is 1.26 bits per heavy atom. The van der Waals surface area contributed by atoms with Crippen LogP contribution in [0.5, 0.6) is 0 Å². The Morgan fingerprint density at radius 2 is 2.13 bits per heavy atom. The number of aromatic nitrogens is 1.